The third kappa shape index (κ3) is 2.03. The average Bonchev–Trinajstić information content (AvgIpc) is 2.64. The number of hydrogen-bond acceptors (Lipinski definition) is 4. The van der Waals surface area contributed by atoms with E-state index in [9.17, 15) is 10.1 Å². The number of aromatic nitrogens is 2. The van der Waals surface area contributed by atoms with Crippen LogP contribution in [0, 0.1) is 10.1 Å². The molecule has 1 heterocycles. The lowest BCUT2D eigenvalue weighted by Crippen LogP contribution is -1.98. The minimum Gasteiger partial charge on any atom is -0.398 e. The standard InChI is InChI=1S/C9H7BrN4O2/c10-6-4-12-13(5-6)8-1-7(11)2-9(3-8)14(15)16/h1-5H,11H2. The van der Waals surface area contributed by atoms with Gasteiger partial charge in [0.1, 0.15) is 0 Å². The van der Waals surface area contributed by atoms with Crippen molar-refractivity contribution in [1.29, 1.82) is 0 Å². The Morgan fingerprint density at radius 2 is 2.19 bits per heavy atom. The number of nitrogen functional groups attached to an aromatic ring is 1. The van der Waals surface area contributed by atoms with Gasteiger partial charge in [-0.25, -0.2) is 4.68 Å². The van der Waals surface area contributed by atoms with Crippen LogP contribution in [-0.4, -0.2) is 14.7 Å². The lowest BCUT2D eigenvalue weighted by Gasteiger charge is -2.02. The zero-order valence-electron chi connectivity index (χ0n) is 8.00. The summed E-state index contributed by atoms with van der Waals surface area (Å²) in [6.45, 7) is 0. The van der Waals surface area contributed by atoms with Crippen LogP contribution < -0.4 is 5.73 Å². The maximum absolute atomic E-state index is 10.7. The van der Waals surface area contributed by atoms with Crippen molar-refractivity contribution < 1.29 is 4.92 Å². The molecule has 0 fully saturated rings. The molecular weight excluding hydrogens is 276 g/mol. The number of nitro benzene ring substituents is 1. The predicted molar refractivity (Wildman–Crippen MR) is 62.3 cm³/mol. The summed E-state index contributed by atoms with van der Waals surface area (Å²) in [4.78, 5) is 10.2. The molecule has 0 aliphatic heterocycles. The zero-order valence-corrected chi connectivity index (χ0v) is 9.59. The molecule has 0 radical (unpaired) electrons. The van der Waals surface area contributed by atoms with E-state index in [1.165, 1.54) is 16.8 Å². The highest BCUT2D eigenvalue weighted by Crippen LogP contribution is 2.22. The van der Waals surface area contributed by atoms with Gasteiger partial charge in [0.05, 0.1) is 21.3 Å². The molecule has 0 unspecified atom stereocenters. The van der Waals surface area contributed by atoms with Gasteiger partial charge in [0.25, 0.3) is 5.69 Å². The van der Waals surface area contributed by atoms with E-state index in [0.717, 1.165) is 4.47 Å². The summed E-state index contributed by atoms with van der Waals surface area (Å²) in [5.74, 6) is 0. The number of halogens is 1. The number of hydrogen-bond donors (Lipinski definition) is 1. The fourth-order valence-corrected chi connectivity index (χ4v) is 1.58. The number of rotatable bonds is 2. The summed E-state index contributed by atoms with van der Waals surface area (Å²) in [5.41, 5.74) is 6.41. The van der Waals surface area contributed by atoms with Crippen LogP contribution in [-0.2, 0) is 0 Å². The molecule has 0 aliphatic rings. The van der Waals surface area contributed by atoms with Crippen molar-refractivity contribution in [1.82, 2.24) is 9.78 Å². The van der Waals surface area contributed by atoms with E-state index in [-0.39, 0.29) is 5.69 Å². The van der Waals surface area contributed by atoms with Crippen LogP contribution in [0.1, 0.15) is 0 Å². The highest BCUT2D eigenvalue weighted by Gasteiger charge is 2.10. The van der Waals surface area contributed by atoms with Crippen LogP contribution in [0.4, 0.5) is 11.4 Å². The van der Waals surface area contributed by atoms with Gasteiger partial charge in [-0.2, -0.15) is 5.10 Å². The first kappa shape index (κ1) is 10.6. The van der Waals surface area contributed by atoms with E-state index in [2.05, 4.69) is 21.0 Å². The lowest BCUT2D eigenvalue weighted by molar-refractivity contribution is -0.384. The van der Waals surface area contributed by atoms with E-state index < -0.39 is 4.92 Å². The van der Waals surface area contributed by atoms with Crippen molar-refractivity contribution in [2.24, 2.45) is 0 Å². The van der Waals surface area contributed by atoms with E-state index in [1.54, 1.807) is 18.5 Å². The number of nitrogens with two attached hydrogens (primary N) is 1. The first-order chi connectivity index (χ1) is 7.56. The number of nitrogens with zero attached hydrogens (tertiary/aromatic N) is 3. The van der Waals surface area contributed by atoms with Crippen LogP contribution in [0.15, 0.2) is 35.1 Å². The van der Waals surface area contributed by atoms with E-state index in [0.29, 0.717) is 11.4 Å². The molecule has 7 heteroatoms. The molecule has 82 valence electrons. The van der Waals surface area contributed by atoms with Gasteiger partial charge >= 0.3 is 0 Å². The van der Waals surface area contributed by atoms with Gasteiger partial charge in [0.15, 0.2) is 0 Å². The molecule has 0 aliphatic carbocycles. The van der Waals surface area contributed by atoms with Crippen LogP contribution in [0.5, 0.6) is 0 Å². The molecule has 2 aromatic rings. The lowest BCUT2D eigenvalue weighted by atomic mass is 10.2. The Labute approximate surface area is 99.0 Å². The van der Waals surface area contributed by atoms with Crippen molar-refractivity contribution >= 4 is 27.3 Å². The van der Waals surface area contributed by atoms with E-state index in [4.69, 9.17) is 5.73 Å². The van der Waals surface area contributed by atoms with Crippen LogP contribution in [0.2, 0.25) is 0 Å². The highest BCUT2D eigenvalue weighted by molar-refractivity contribution is 9.10. The van der Waals surface area contributed by atoms with Gasteiger partial charge in [-0.05, 0) is 22.0 Å². The Morgan fingerprint density at radius 3 is 2.75 bits per heavy atom. The summed E-state index contributed by atoms with van der Waals surface area (Å²) in [5, 5.41) is 14.7. The largest absolute Gasteiger partial charge is 0.398 e. The molecular formula is C9H7BrN4O2. The first-order valence-corrected chi connectivity index (χ1v) is 5.11. The zero-order chi connectivity index (χ0) is 11.7. The average molecular weight is 283 g/mol. The van der Waals surface area contributed by atoms with Crippen molar-refractivity contribution in [2.75, 3.05) is 5.73 Å². The van der Waals surface area contributed by atoms with Gasteiger partial charge < -0.3 is 5.73 Å². The molecule has 0 saturated carbocycles. The predicted octanol–water partition coefficient (Wildman–Crippen LogP) is 2.13. The SMILES string of the molecule is Nc1cc(-n2cc(Br)cn2)cc([N+](=O)[O-])c1. The molecule has 1 aromatic carbocycles. The third-order valence-electron chi connectivity index (χ3n) is 1.95. The molecule has 0 spiro atoms. The van der Waals surface area contributed by atoms with E-state index >= 15 is 0 Å². The first-order valence-electron chi connectivity index (χ1n) is 4.32. The Bertz CT molecular complexity index is 552. The fourth-order valence-electron chi connectivity index (χ4n) is 1.30. The Kier molecular flexibility index (Phi) is 2.61. The topological polar surface area (TPSA) is 87.0 Å². The highest BCUT2D eigenvalue weighted by atomic mass is 79.9. The van der Waals surface area contributed by atoms with Crippen LogP contribution in [0.25, 0.3) is 5.69 Å². The van der Waals surface area contributed by atoms with Crippen molar-refractivity contribution in [3.8, 4) is 5.69 Å². The Morgan fingerprint density at radius 1 is 1.44 bits per heavy atom. The van der Waals surface area contributed by atoms with Crippen molar-refractivity contribution in [3.05, 3.63) is 45.2 Å². The van der Waals surface area contributed by atoms with Crippen LogP contribution in [0.3, 0.4) is 0 Å². The van der Waals surface area contributed by atoms with Gasteiger partial charge in [0.2, 0.25) is 0 Å². The Hall–Kier alpha value is -1.89. The monoisotopic (exact) mass is 282 g/mol. The molecule has 0 atom stereocenters. The minimum absolute atomic E-state index is 0.0541. The molecule has 0 amide bonds. The third-order valence-corrected chi connectivity index (χ3v) is 2.36. The van der Waals surface area contributed by atoms with Crippen molar-refractivity contribution in [3.63, 3.8) is 0 Å². The fraction of sp³-hybridized carbons (Fsp3) is 0. The van der Waals surface area contributed by atoms with Gasteiger partial charge in [-0.3, -0.25) is 10.1 Å². The number of benzene rings is 1. The quantitative estimate of drug-likeness (QED) is 0.519. The summed E-state index contributed by atoms with van der Waals surface area (Å²) < 4.78 is 2.30. The molecule has 0 bridgehead atoms. The summed E-state index contributed by atoms with van der Waals surface area (Å²) in [6, 6.07) is 4.34. The summed E-state index contributed by atoms with van der Waals surface area (Å²) in [7, 11) is 0. The summed E-state index contributed by atoms with van der Waals surface area (Å²) in [6.07, 6.45) is 3.29. The smallest absolute Gasteiger partial charge is 0.273 e. The summed E-state index contributed by atoms with van der Waals surface area (Å²) >= 11 is 3.25. The molecule has 2 rings (SSSR count). The molecule has 0 saturated heterocycles. The van der Waals surface area contributed by atoms with Crippen LogP contribution >= 0.6 is 15.9 Å². The molecule has 2 N–H and O–H groups in total. The Balaban J connectivity index is 2.53. The van der Waals surface area contributed by atoms with Crippen molar-refractivity contribution in [2.45, 2.75) is 0 Å². The maximum Gasteiger partial charge on any atom is 0.273 e. The van der Waals surface area contributed by atoms with Gasteiger partial charge in [0, 0.05) is 24.0 Å². The second-order valence-electron chi connectivity index (χ2n) is 3.14. The second-order valence-corrected chi connectivity index (χ2v) is 4.06. The maximum atomic E-state index is 10.7. The molecule has 1 aromatic heterocycles. The molecule has 6 nitrogen and oxygen atoms in total. The minimum atomic E-state index is -0.488. The number of non-ortho nitro benzene ring substituents is 1. The number of nitro groups is 1. The molecule has 16 heavy (non-hydrogen) atoms. The normalized spacial score (nSPS) is 10.3. The number of anilines is 1. The van der Waals surface area contributed by atoms with Gasteiger partial charge in [-0.15, -0.1) is 0 Å². The van der Waals surface area contributed by atoms with E-state index in [1.807, 2.05) is 0 Å². The second kappa shape index (κ2) is 3.93. The van der Waals surface area contributed by atoms with Gasteiger partial charge in [-0.1, -0.05) is 0 Å².